The molecule has 0 aromatic heterocycles. The van der Waals surface area contributed by atoms with Crippen molar-refractivity contribution in [1.29, 1.82) is 0 Å². The number of ether oxygens (including phenoxy) is 3. The second-order valence-electron chi connectivity index (χ2n) is 16.0. The molecule has 0 bridgehead atoms. The number of unbranched alkanes of at least 4 members (excludes halogenated alkanes) is 21. The first kappa shape index (κ1) is 55.3. The predicted octanol–water partition coefficient (Wildman–Crippen LogP) is 16.3. The summed E-state index contributed by atoms with van der Waals surface area (Å²) in [6.45, 7) is 7.62. The van der Waals surface area contributed by atoms with Crippen molar-refractivity contribution < 1.29 is 23.8 Å². The number of carbonyl (C=O) groups excluding carboxylic acids is 2. The lowest BCUT2D eigenvalue weighted by molar-refractivity contribution is -0.163. The molecule has 0 aliphatic heterocycles. The minimum Gasteiger partial charge on any atom is -0.462 e. The van der Waals surface area contributed by atoms with Gasteiger partial charge in [-0.15, -0.1) is 0 Å². The highest BCUT2D eigenvalue weighted by atomic mass is 16.6. The largest absolute Gasteiger partial charge is 0.462 e. The summed E-state index contributed by atoms with van der Waals surface area (Å²) >= 11 is 0. The Morgan fingerprint density at radius 1 is 0.379 bits per heavy atom. The Hall–Kier alpha value is -2.66. The van der Waals surface area contributed by atoms with Crippen LogP contribution in [0.3, 0.4) is 0 Å². The molecule has 1 unspecified atom stereocenters. The molecule has 0 heterocycles. The number of rotatable bonds is 44. The van der Waals surface area contributed by atoms with Crippen LogP contribution < -0.4 is 0 Å². The first-order valence-electron chi connectivity index (χ1n) is 24.5. The maximum Gasteiger partial charge on any atom is 0.306 e. The first-order chi connectivity index (χ1) is 28.6. The van der Waals surface area contributed by atoms with Crippen molar-refractivity contribution in [3.63, 3.8) is 0 Å². The molecule has 0 saturated carbocycles. The summed E-state index contributed by atoms with van der Waals surface area (Å²) in [6.07, 6.45) is 61.8. The molecule has 0 aromatic carbocycles. The van der Waals surface area contributed by atoms with Crippen molar-refractivity contribution in [2.75, 3.05) is 19.8 Å². The van der Waals surface area contributed by atoms with Crippen molar-refractivity contribution in [1.82, 2.24) is 0 Å². The minimum absolute atomic E-state index is 0.0656. The van der Waals surface area contributed by atoms with Gasteiger partial charge in [-0.2, -0.15) is 0 Å². The molecule has 0 radical (unpaired) electrons. The maximum absolute atomic E-state index is 12.8. The van der Waals surface area contributed by atoms with Crippen LogP contribution in [0.4, 0.5) is 0 Å². The number of allylic oxidation sites excluding steroid dienone is 12. The molecule has 58 heavy (non-hydrogen) atoms. The summed E-state index contributed by atoms with van der Waals surface area (Å²) in [5, 5.41) is 0. The lowest BCUT2D eigenvalue weighted by atomic mass is 10.1. The third-order valence-electron chi connectivity index (χ3n) is 10.1. The molecule has 1 atom stereocenters. The quantitative estimate of drug-likeness (QED) is 0.0348. The van der Waals surface area contributed by atoms with Gasteiger partial charge in [0, 0.05) is 19.4 Å². The van der Waals surface area contributed by atoms with Gasteiger partial charge in [-0.05, 0) is 103 Å². The van der Waals surface area contributed by atoms with Crippen LogP contribution in [0.15, 0.2) is 72.9 Å². The third kappa shape index (κ3) is 46.0. The monoisotopic (exact) mass is 809 g/mol. The van der Waals surface area contributed by atoms with Crippen molar-refractivity contribution in [2.45, 2.75) is 232 Å². The van der Waals surface area contributed by atoms with Crippen LogP contribution in [0.25, 0.3) is 0 Å². The SMILES string of the molecule is CCC/C=C\C/C=C\CCCCCCCC(=O)OCC(COCCCCCCCC/C=C\C/C=C\CCCCC)OC(=O)CCCCCCC/C=C\C/C=C\CCC. The van der Waals surface area contributed by atoms with Crippen molar-refractivity contribution in [2.24, 2.45) is 0 Å². The van der Waals surface area contributed by atoms with Crippen molar-refractivity contribution in [3.8, 4) is 0 Å². The van der Waals surface area contributed by atoms with E-state index in [4.69, 9.17) is 14.2 Å². The normalized spacial score (nSPS) is 12.8. The van der Waals surface area contributed by atoms with E-state index >= 15 is 0 Å². The van der Waals surface area contributed by atoms with E-state index in [0.29, 0.717) is 19.4 Å². The Morgan fingerprint density at radius 3 is 1.21 bits per heavy atom. The molecular formula is C53H92O5. The summed E-state index contributed by atoms with van der Waals surface area (Å²) in [5.74, 6) is -0.437. The maximum atomic E-state index is 12.8. The average Bonchev–Trinajstić information content (AvgIpc) is 3.22. The van der Waals surface area contributed by atoms with Crippen LogP contribution in [0.1, 0.15) is 226 Å². The van der Waals surface area contributed by atoms with Gasteiger partial charge in [-0.1, -0.05) is 184 Å². The van der Waals surface area contributed by atoms with E-state index < -0.39 is 6.10 Å². The van der Waals surface area contributed by atoms with Gasteiger partial charge >= 0.3 is 11.9 Å². The molecule has 5 nitrogen and oxygen atoms in total. The summed E-state index contributed by atoms with van der Waals surface area (Å²) in [7, 11) is 0. The van der Waals surface area contributed by atoms with Crippen LogP contribution in [0.5, 0.6) is 0 Å². The van der Waals surface area contributed by atoms with E-state index in [2.05, 4.69) is 93.7 Å². The lowest BCUT2D eigenvalue weighted by Crippen LogP contribution is -2.30. The molecular weight excluding hydrogens is 717 g/mol. The molecule has 0 N–H and O–H groups in total. The molecule has 334 valence electrons. The van der Waals surface area contributed by atoms with E-state index in [1.54, 1.807) is 0 Å². The second kappa shape index (κ2) is 48.7. The fourth-order valence-corrected chi connectivity index (χ4v) is 6.50. The Labute approximate surface area is 359 Å². The average molecular weight is 809 g/mol. The third-order valence-corrected chi connectivity index (χ3v) is 10.1. The van der Waals surface area contributed by atoms with E-state index in [1.165, 1.54) is 103 Å². The van der Waals surface area contributed by atoms with Crippen molar-refractivity contribution >= 4 is 11.9 Å². The van der Waals surface area contributed by atoms with Crippen LogP contribution in [0.2, 0.25) is 0 Å². The molecule has 0 rings (SSSR count). The van der Waals surface area contributed by atoms with Gasteiger partial charge in [-0.25, -0.2) is 0 Å². The highest BCUT2D eigenvalue weighted by molar-refractivity contribution is 5.70. The van der Waals surface area contributed by atoms with Crippen molar-refractivity contribution in [3.05, 3.63) is 72.9 Å². The van der Waals surface area contributed by atoms with Gasteiger partial charge in [0.2, 0.25) is 0 Å². The molecule has 5 heteroatoms. The second-order valence-corrected chi connectivity index (χ2v) is 16.0. The summed E-state index contributed by atoms with van der Waals surface area (Å²) in [4.78, 5) is 25.3. The van der Waals surface area contributed by atoms with Gasteiger partial charge in [-0.3, -0.25) is 9.59 Å². The van der Waals surface area contributed by atoms with Gasteiger partial charge in [0.25, 0.3) is 0 Å². The molecule has 0 aliphatic carbocycles. The Bertz CT molecular complexity index is 1050. The Balaban J connectivity index is 4.33. The smallest absolute Gasteiger partial charge is 0.306 e. The fraction of sp³-hybridized carbons (Fsp3) is 0.736. The van der Waals surface area contributed by atoms with E-state index in [1.807, 2.05) is 0 Å². The molecule has 0 aromatic rings. The van der Waals surface area contributed by atoms with E-state index in [0.717, 1.165) is 89.9 Å². The minimum atomic E-state index is -0.556. The van der Waals surface area contributed by atoms with E-state index in [-0.39, 0.29) is 25.2 Å². The Morgan fingerprint density at radius 2 is 0.759 bits per heavy atom. The zero-order valence-corrected chi connectivity index (χ0v) is 38.3. The molecule has 0 amide bonds. The topological polar surface area (TPSA) is 61.8 Å². The van der Waals surface area contributed by atoms with Gasteiger partial charge in [0.05, 0.1) is 6.61 Å². The van der Waals surface area contributed by atoms with Gasteiger partial charge in [0.15, 0.2) is 6.10 Å². The molecule has 0 fully saturated rings. The van der Waals surface area contributed by atoms with Gasteiger partial charge < -0.3 is 14.2 Å². The van der Waals surface area contributed by atoms with Crippen LogP contribution in [-0.2, 0) is 23.8 Å². The standard InChI is InChI=1S/C53H92O5/c1-4-7-10-13-16-19-22-25-26-27-30-33-36-39-42-45-48-56-49-51(58-53(55)47-44-41-38-35-32-29-24-21-18-15-12-9-6-3)50-57-52(54)46-43-40-37-34-31-28-23-20-17-14-11-8-5-2/h11-12,14-16,19-21,23-26,51H,4-10,13,17-18,22,27-50H2,1-3H3/b14-11-,15-12-,19-16-,23-20-,24-21-,26-25-. The highest BCUT2D eigenvalue weighted by Crippen LogP contribution is 2.13. The zero-order valence-electron chi connectivity index (χ0n) is 38.3. The number of carbonyl (C=O) groups is 2. The van der Waals surface area contributed by atoms with E-state index in [9.17, 15) is 9.59 Å². The summed E-state index contributed by atoms with van der Waals surface area (Å²) in [6, 6.07) is 0. The number of hydrogen-bond acceptors (Lipinski definition) is 5. The molecule has 0 spiro atoms. The first-order valence-corrected chi connectivity index (χ1v) is 24.5. The van der Waals surface area contributed by atoms with Gasteiger partial charge in [0.1, 0.15) is 6.61 Å². The molecule has 0 saturated heterocycles. The van der Waals surface area contributed by atoms with Crippen LogP contribution in [0, 0.1) is 0 Å². The molecule has 0 aliphatic rings. The lowest BCUT2D eigenvalue weighted by Gasteiger charge is -2.18. The predicted molar refractivity (Wildman–Crippen MR) is 251 cm³/mol. The summed E-state index contributed by atoms with van der Waals surface area (Å²) in [5.41, 5.74) is 0. The Kier molecular flexibility index (Phi) is 46.5. The number of esters is 2. The zero-order chi connectivity index (χ0) is 42.1. The fourth-order valence-electron chi connectivity index (χ4n) is 6.50. The van der Waals surface area contributed by atoms with Crippen LogP contribution >= 0.6 is 0 Å². The number of hydrogen-bond donors (Lipinski definition) is 0. The van der Waals surface area contributed by atoms with Crippen LogP contribution in [-0.4, -0.2) is 37.9 Å². The summed E-state index contributed by atoms with van der Waals surface area (Å²) < 4.78 is 17.3. The highest BCUT2D eigenvalue weighted by Gasteiger charge is 2.17.